The Hall–Kier alpha value is -2.29. The lowest BCUT2D eigenvalue weighted by Crippen LogP contribution is -2.55. The maximum absolute atomic E-state index is 13.6. The Morgan fingerprint density at radius 1 is 1.13 bits per heavy atom. The number of hydrogen-bond acceptors (Lipinski definition) is 6. The van der Waals surface area contributed by atoms with E-state index >= 15 is 0 Å². The number of likely N-dealkylation sites (N-methyl/N-ethyl adjacent to an activating group) is 1. The number of para-hydroxylation sites is 2. The number of sulfone groups is 1. The first-order valence-electron chi connectivity index (χ1n) is 11.1. The Morgan fingerprint density at radius 3 is 2.55 bits per heavy atom. The van der Waals surface area contributed by atoms with Gasteiger partial charge in [0.2, 0.25) is 5.91 Å². The molecule has 1 N–H and O–H groups in total. The third kappa shape index (κ3) is 4.81. The van der Waals surface area contributed by atoms with Crippen LogP contribution in [0.3, 0.4) is 0 Å². The highest BCUT2D eigenvalue weighted by Gasteiger charge is 2.40. The normalized spacial score (nSPS) is 25.4. The van der Waals surface area contributed by atoms with Gasteiger partial charge >= 0.3 is 0 Å². The molecule has 2 amide bonds. The second-order valence-electron chi connectivity index (χ2n) is 8.72. The van der Waals surface area contributed by atoms with Crippen LogP contribution in [0.4, 0.5) is 5.69 Å². The van der Waals surface area contributed by atoms with Crippen LogP contribution < -0.4 is 15.0 Å². The number of fused-ring (bicyclic) bond motifs is 1. The number of nitrogens with zero attached hydrogens (tertiary/aromatic N) is 2. The Balaban J connectivity index is 1.57. The number of rotatable bonds is 5. The summed E-state index contributed by atoms with van der Waals surface area (Å²) in [5, 5.41) is 2.61. The van der Waals surface area contributed by atoms with Crippen molar-refractivity contribution >= 4 is 27.3 Å². The summed E-state index contributed by atoms with van der Waals surface area (Å²) in [5.41, 5.74) is 0.777. The van der Waals surface area contributed by atoms with Crippen molar-refractivity contribution in [2.45, 2.75) is 56.7 Å². The van der Waals surface area contributed by atoms with E-state index in [9.17, 15) is 18.0 Å². The number of benzene rings is 1. The summed E-state index contributed by atoms with van der Waals surface area (Å²) < 4.78 is 30.1. The molecule has 0 unspecified atom stereocenters. The Labute approximate surface area is 183 Å². The van der Waals surface area contributed by atoms with Crippen LogP contribution in [0.1, 0.15) is 38.5 Å². The minimum Gasteiger partial charge on any atom is -0.477 e. The second kappa shape index (κ2) is 9.06. The fraction of sp³-hybridized carbons (Fsp3) is 0.636. The van der Waals surface area contributed by atoms with Gasteiger partial charge in [0.15, 0.2) is 15.9 Å². The van der Waals surface area contributed by atoms with Gasteiger partial charge in [0.05, 0.1) is 30.3 Å². The summed E-state index contributed by atoms with van der Waals surface area (Å²) in [6.45, 7) is 0.366. The third-order valence-corrected chi connectivity index (χ3v) is 8.33. The molecule has 3 aliphatic rings. The zero-order valence-corrected chi connectivity index (χ0v) is 18.8. The van der Waals surface area contributed by atoms with Gasteiger partial charge in [-0.3, -0.25) is 9.59 Å². The number of hydrogen-bond donors (Lipinski definition) is 1. The van der Waals surface area contributed by atoms with E-state index in [1.54, 1.807) is 13.1 Å². The van der Waals surface area contributed by atoms with Crippen LogP contribution in [0.2, 0.25) is 0 Å². The zero-order valence-electron chi connectivity index (χ0n) is 18.0. The molecule has 9 heteroatoms. The van der Waals surface area contributed by atoms with Gasteiger partial charge in [-0.05, 0) is 31.4 Å². The van der Waals surface area contributed by atoms with Gasteiger partial charge in [0.1, 0.15) is 5.75 Å². The van der Waals surface area contributed by atoms with E-state index in [1.807, 2.05) is 28.0 Å². The van der Waals surface area contributed by atoms with E-state index in [2.05, 4.69) is 5.32 Å². The van der Waals surface area contributed by atoms with Crippen LogP contribution in [0.25, 0.3) is 0 Å². The van der Waals surface area contributed by atoms with Crippen molar-refractivity contribution < 1.29 is 22.7 Å². The maximum Gasteiger partial charge on any atom is 0.262 e. The van der Waals surface area contributed by atoms with Crippen molar-refractivity contribution in [3.05, 3.63) is 24.3 Å². The van der Waals surface area contributed by atoms with Gasteiger partial charge in [-0.1, -0.05) is 31.4 Å². The summed E-state index contributed by atoms with van der Waals surface area (Å²) >= 11 is 0. The molecule has 0 aromatic heterocycles. The number of anilines is 1. The molecule has 1 aromatic rings. The molecular weight excluding hydrogens is 418 g/mol. The van der Waals surface area contributed by atoms with Crippen molar-refractivity contribution in [2.24, 2.45) is 0 Å². The largest absolute Gasteiger partial charge is 0.477 e. The van der Waals surface area contributed by atoms with Crippen molar-refractivity contribution in [1.29, 1.82) is 0 Å². The van der Waals surface area contributed by atoms with E-state index in [0.29, 0.717) is 12.2 Å². The summed E-state index contributed by atoms with van der Waals surface area (Å²) in [6.07, 6.45) is 4.92. The van der Waals surface area contributed by atoms with Crippen molar-refractivity contribution in [1.82, 2.24) is 10.2 Å². The van der Waals surface area contributed by atoms with E-state index in [4.69, 9.17) is 4.74 Å². The second-order valence-corrected chi connectivity index (χ2v) is 10.9. The zero-order chi connectivity index (χ0) is 22.0. The van der Waals surface area contributed by atoms with Crippen LogP contribution >= 0.6 is 0 Å². The summed E-state index contributed by atoms with van der Waals surface area (Å²) in [5.74, 6) is 0.463. The molecule has 2 fully saturated rings. The van der Waals surface area contributed by atoms with Gasteiger partial charge in [-0.2, -0.15) is 0 Å². The van der Waals surface area contributed by atoms with Crippen LogP contribution in [-0.4, -0.2) is 75.0 Å². The van der Waals surface area contributed by atoms with Crippen molar-refractivity contribution in [3.63, 3.8) is 0 Å². The first-order valence-corrected chi connectivity index (χ1v) is 12.9. The molecule has 8 nitrogen and oxygen atoms in total. The minimum absolute atomic E-state index is 0.0514. The van der Waals surface area contributed by atoms with Gasteiger partial charge in [-0.25, -0.2) is 8.42 Å². The smallest absolute Gasteiger partial charge is 0.262 e. The number of nitrogens with one attached hydrogen (secondary N) is 1. The molecule has 2 aliphatic heterocycles. The summed E-state index contributed by atoms with van der Waals surface area (Å²) in [4.78, 5) is 29.6. The topological polar surface area (TPSA) is 96.0 Å². The molecule has 2 heterocycles. The molecule has 31 heavy (non-hydrogen) atoms. The highest BCUT2D eigenvalue weighted by atomic mass is 32.2. The first kappa shape index (κ1) is 21.9. The third-order valence-electron chi connectivity index (χ3n) is 6.58. The van der Waals surface area contributed by atoms with Crippen molar-refractivity contribution in [2.75, 3.05) is 36.5 Å². The van der Waals surface area contributed by atoms with Crippen LogP contribution in [-0.2, 0) is 19.4 Å². The average Bonchev–Trinajstić information content (AvgIpc) is 3.13. The van der Waals surface area contributed by atoms with E-state index < -0.39 is 15.9 Å². The van der Waals surface area contributed by atoms with Crippen molar-refractivity contribution in [3.8, 4) is 5.75 Å². The molecule has 0 bridgehead atoms. The number of carbonyl (C=O) groups is 2. The Bertz CT molecular complexity index is 929. The standard InChI is InChI=1S/C22H31N3O5S/c1-23-22(27)20-13-24(18-9-5-6-10-19(18)30-20)14-21(26)25(16-7-3-2-4-8-16)17-11-12-31(28,29)15-17/h5-6,9-10,16-17,20H,2-4,7-8,11-15H2,1H3,(H,23,27)/t17-,20+/m0/s1. The molecule has 2 atom stereocenters. The Morgan fingerprint density at radius 2 is 1.87 bits per heavy atom. The van der Waals surface area contributed by atoms with Gasteiger partial charge in [0, 0.05) is 19.1 Å². The average molecular weight is 450 g/mol. The predicted octanol–water partition coefficient (Wildman–Crippen LogP) is 1.35. The van der Waals surface area contributed by atoms with Gasteiger partial charge in [-0.15, -0.1) is 0 Å². The molecule has 0 spiro atoms. The fourth-order valence-corrected chi connectivity index (χ4v) is 6.77. The fourth-order valence-electron chi connectivity index (χ4n) is 5.06. The number of carbonyl (C=O) groups excluding carboxylic acids is 2. The quantitative estimate of drug-likeness (QED) is 0.729. The first-order chi connectivity index (χ1) is 14.9. The van der Waals surface area contributed by atoms with Crippen LogP contribution in [0.5, 0.6) is 5.75 Å². The minimum atomic E-state index is -3.10. The molecule has 170 valence electrons. The monoisotopic (exact) mass is 449 g/mol. The van der Waals surface area contributed by atoms with Crippen LogP contribution in [0, 0.1) is 0 Å². The highest BCUT2D eigenvalue weighted by molar-refractivity contribution is 7.91. The maximum atomic E-state index is 13.6. The molecule has 0 radical (unpaired) electrons. The van der Waals surface area contributed by atoms with Crippen LogP contribution in [0.15, 0.2) is 24.3 Å². The summed E-state index contributed by atoms with van der Waals surface area (Å²) in [7, 11) is -1.54. The van der Waals surface area contributed by atoms with E-state index in [-0.39, 0.29) is 48.5 Å². The molecule has 1 aromatic carbocycles. The lowest BCUT2D eigenvalue weighted by Gasteiger charge is -2.41. The number of ether oxygens (including phenoxy) is 1. The lowest BCUT2D eigenvalue weighted by atomic mass is 9.92. The summed E-state index contributed by atoms with van der Waals surface area (Å²) in [6, 6.07) is 7.22. The van der Waals surface area contributed by atoms with E-state index in [0.717, 1.165) is 37.8 Å². The SMILES string of the molecule is CNC(=O)[C@H]1CN(CC(=O)N(C2CCCCC2)[C@H]2CCS(=O)(=O)C2)c2ccccc2O1. The molecular formula is C22H31N3O5S. The van der Waals surface area contributed by atoms with Gasteiger partial charge in [0.25, 0.3) is 5.91 Å². The molecule has 1 saturated carbocycles. The van der Waals surface area contributed by atoms with E-state index in [1.165, 1.54) is 0 Å². The molecule has 1 saturated heterocycles. The highest BCUT2D eigenvalue weighted by Crippen LogP contribution is 2.34. The predicted molar refractivity (Wildman–Crippen MR) is 118 cm³/mol. The number of amides is 2. The lowest BCUT2D eigenvalue weighted by molar-refractivity contribution is -0.135. The Kier molecular flexibility index (Phi) is 6.41. The molecule has 4 rings (SSSR count). The molecule has 1 aliphatic carbocycles. The van der Waals surface area contributed by atoms with Gasteiger partial charge < -0.3 is 19.9 Å².